The van der Waals surface area contributed by atoms with Crippen LogP contribution in [0.3, 0.4) is 0 Å². The summed E-state index contributed by atoms with van der Waals surface area (Å²) in [6.07, 6.45) is 2.38. The van der Waals surface area contributed by atoms with Crippen LogP contribution in [0.1, 0.15) is 22.3 Å². The summed E-state index contributed by atoms with van der Waals surface area (Å²) in [5.41, 5.74) is 5.96. The molecule has 1 aromatic rings. The van der Waals surface area contributed by atoms with Gasteiger partial charge in [-0.3, -0.25) is 0 Å². The number of fused-ring (bicyclic) bond motifs is 1. The van der Waals surface area contributed by atoms with Crippen LogP contribution in [0.15, 0.2) is 12.1 Å². The minimum absolute atomic E-state index is 1.13. The quantitative estimate of drug-likeness (QED) is 0.636. The average Bonchev–Trinajstić information content (AvgIpc) is 2.31. The summed E-state index contributed by atoms with van der Waals surface area (Å²) in [5, 5.41) is 3.43. The molecule has 0 aliphatic carbocycles. The largest absolute Gasteiger partial charge is 0.316 e. The highest BCUT2D eigenvalue weighted by Crippen LogP contribution is 2.18. The Bertz CT molecular complexity index is 284. The molecule has 0 fully saturated rings. The zero-order chi connectivity index (χ0) is 9.26. The Balaban J connectivity index is 2.43. The van der Waals surface area contributed by atoms with Crippen molar-refractivity contribution in [2.75, 3.05) is 13.1 Å². The summed E-state index contributed by atoms with van der Waals surface area (Å²) in [7, 11) is 0. The summed E-state index contributed by atoms with van der Waals surface area (Å²) < 4.78 is 0. The monoisotopic (exact) mass is 175 g/mol. The molecule has 1 heterocycles. The Hall–Kier alpha value is -0.820. The molecule has 1 heteroatoms. The molecular formula is C12H17N. The molecule has 0 spiro atoms. The van der Waals surface area contributed by atoms with E-state index in [0.717, 1.165) is 13.1 Å². The van der Waals surface area contributed by atoms with Crippen LogP contribution in [0, 0.1) is 13.8 Å². The van der Waals surface area contributed by atoms with Gasteiger partial charge in [0, 0.05) is 0 Å². The average molecular weight is 175 g/mol. The van der Waals surface area contributed by atoms with Crippen LogP contribution in [0.4, 0.5) is 0 Å². The van der Waals surface area contributed by atoms with Crippen molar-refractivity contribution in [3.8, 4) is 0 Å². The molecule has 0 saturated carbocycles. The van der Waals surface area contributed by atoms with Gasteiger partial charge < -0.3 is 5.32 Å². The lowest BCUT2D eigenvalue weighted by Crippen LogP contribution is -2.16. The van der Waals surface area contributed by atoms with Crippen molar-refractivity contribution in [2.24, 2.45) is 0 Å². The van der Waals surface area contributed by atoms with E-state index >= 15 is 0 Å². The Morgan fingerprint density at radius 3 is 1.85 bits per heavy atom. The highest BCUT2D eigenvalue weighted by molar-refractivity contribution is 5.38. The van der Waals surface area contributed by atoms with Gasteiger partial charge in [0.05, 0.1) is 0 Å². The lowest BCUT2D eigenvalue weighted by atomic mass is 9.97. The Labute approximate surface area is 80.2 Å². The Morgan fingerprint density at radius 2 is 1.38 bits per heavy atom. The summed E-state index contributed by atoms with van der Waals surface area (Å²) in [6.45, 7) is 6.67. The number of hydrogen-bond donors (Lipinski definition) is 1. The van der Waals surface area contributed by atoms with Crippen LogP contribution in [0.2, 0.25) is 0 Å². The molecule has 2 rings (SSSR count). The van der Waals surface area contributed by atoms with E-state index in [1.807, 2.05) is 0 Å². The maximum absolute atomic E-state index is 3.43. The Morgan fingerprint density at radius 1 is 0.923 bits per heavy atom. The molecule has 0 atom stereocenters. The highest BCUT2D eigenvalue weighted by atomic mass is 14.8. The predicted molar refractivity (Wildman–Crippen MR) is 56.2 cm³/mol. The SMILES string of the molecule is Cc1cc2c(cc1C)CCNCC2. The van der Waals surface area contributed by atoms with E-state index in [4.69, 9.17) is 0 Å². The number of rotatable bonds is 0. The molecule has 0 amide bonds. The summed E-state index contributed by atoms with van der Waals surface area (Å²) in [5.74, 6) is 0. The summed E-state index contributed by atoms with van der Waals surface area (Å²) in [4.78, 5) is 0. The fourth-order valence-electron chi connectivity index (χ4n) is 1.97. The van der Waals surface area contributed by atoms with Gasteiger partial charge in [-0.25, -0.2) is 0 Å². The molecule has 0 radical (unpaired) electrons. The fraction of sp³-hybridized carbons (Fsp3) is 0.500. The van der Waals surface area contributed by atoms with E-state index in [-0.39, 0.29) is 0 Å². The van der Waals surface area contributed by atoms with Crippen molar-refractivity contribution in [2.45, 2.75) is 26.7 Å². The number of hydrogen-bond acceptors (Lipinski definition) is 1. The van der Waals surface area contributed by atoms with Gasteiger partial charge in [-0.15, -0.1) is 0 Å². The van der Waals surface area contributed by atoms with Crippen LogP contribution >= 0.6 is 0 Å². The van der Waals surface area contributed by atoms with E-state index in [2.05, 4.69) is 31.3 Å². The molecule has 0 saturated heterocycles. The third-order valence-electron chi connectivity index (χ3n) is 2.96. The number of benzene rings is 1. The van der Waals surface area contributed by atoms with Gasteiger partial charge in [0.2, 0.25) is 0 Å². The maximum atomic E-state index is 3.43. The van der Waals surface area contributed by atoms with E-state index in [9.17, 15) is 0 Å². The van der Waals surface area contributed by atoms with Gasteiger partial charge in [0.1, 0.15) is 0 Å². The number of aryl methyl sites for hydroxylation is 2. The van der Waals surface area contributed by atoms with Crippen molar-refractivity contribution in [3.05, 3.63) is 34.4 Å². The van der Waals surface area contributed by atoms with Gasteiger partial charge in [0.15, 0.2) is 0 Å². The summed E-state index contributed by atoms with van der Waals surface area (Å²) in [6, 6.07) is 4.72. The fourth-order valence-corrected chi connectivity index (χ4v) is 1.97. The van der Waals surface area contributed by atoms with Gasteiger partial charge >= 0.3 is 0 Å². The first-order valence-corrected chi connectivity index (χ1v) is 5.07. The third kappa shape index (κ3) is 1.75. The maximum Gasteiger partial charge on any atom is -0.000812 e. The zero-order valence-corrected chi connectivity index (χ0v) is 8.48. The molecule has 1 aromatic carbocycles. The smallest absolute Gasteiger partial charge is 0.000812 e. The predicted octanol–water partition coefficient (Wildman–Crippen LogP) is 1.99. The molecule has 1 aliphatic heterocycles. The minimum Gasteiger partial charge on any atom is -0.316 e. The second-order valence-electron chi connectivity index (χ2n) is 3.96. The van der Waals surface area contributed by atoms with Crippen molar-refractivity contribution < 1.29 is 0 Å². The van der Waals surface area contributed by atoms with Crippen molar-refractivity contribution in [3.63, 3.8) is 0 Å². The van der Waals surface area contributed by atoms with Crippen LogP contribution in [0.25, 0.3) is 0 Å². The first kappa shape index (κ1) is 8.76. The first-order chi connectivity index (χ1) is 6.27. The third-order valence-corrected chi connectivity index (χ3v) is 2.96. The van der Waals surface area contributed by atoms with Crippen molar-refractivity contribution in [1.82, 2.24) is 5.32 Å². The van der Waals surface area contributed by atoms with Crippen LogP contribution in [-0.4, -0.2) is 13.1 Å². The molecule has 1 nitrogen and oxygen atoms in total. The topological polar surface area (TPSA) is 12.0 Å². The molecule has 0 bridgehead atoms. The first-order valence-electron chi connectivity index (χ1n) is 5.07. The van der Waals surface area contributed by atoms with Crippen LogP contribution in [-0.2, 0) is 12.8 Å². The lowest BCUT2D eigenvalue weighted by molar-refractivity contribution is 0.711. The molecular weight excluding hydrogens is 158 g/mol. The van der Waals surface area contributed by atoms with Gasteiger partial charge in [-0.1, -0.05) is 12.1 Å². The van der Waals surface area contributed by atoms with E-state index < -0.39 is 0 Å². The molecule has 1 N–H and O–H groups in total. The van der Waals surface area contributed by atoms with Crippen molar-refractivity contribution in [1.29, 1.82) is 0 Å². The zero-order valence-electron chi connectivity index (χ0n) is 8.48. The van der Waals surface area contributed by atoms with Gasteiger partial charge in [-0.2, -0.15) is 0 Å². The second-order valence-corrected chi connectivity index (χ2v) is 3.96. The Kier molecular flexibility index (Phi) is 2.36. The standard InChI is InChI=1S/C12H17N/c1-9-7-11-3-5-13-6-4-12(11)8-10(9)2/h7-8,13H,3-6H2,1-2H3. The van der Waals surface area contributed by atoms with E-state index in [1.54, 1.807) is 11.1 Å². The normalized spacial score (nSPS) is 16.5. The molecule has 13 heavy (non-hydrogen) atoms. The lowest BCUT2D eigenvalue weighted by Gasteiger charge is -2.08. The van der Waals surface area contributed by atoms with Crippen LogP contribution < -0.4 is 5.32 Å². The van der Waals surface area contributed by atoms with E-state index in [0.29, 0.717) is 0 Å². The highest BCUT2D eigenvalue weighted by Gasteiger charge is 2.08. The molecule has 0 unspecified atom stereocenters. The van der Waals surface area contributed by atoms with Gasteiger partial charge in [0.25, 0.3) is 0 Å². The van der Waals surface area contributed by atoms with Gasteiger partial charge in [-0.05, 0) is 62.0 Å². The van der Waals surface area contributed by atoms with E-state index in [1.165, 1.54) is 24.0 Å². The molecule has 0 aromatic heterocycles. The van der Waals surface area contributed by atoms with Crippen LogP contribution in [0.5, 0.6) is 0 Å². The minimum atomic E-state index is 1.13. The molecule has 70 valence electrons. The second kappa shape index (κ2) is 3.51. The van der Waals surface area contributed by atoms with Crippen molar-refractivity contribution >= 4 is 0 Å². The molecule has 1 aliphatic rings. The number of nitrogens with one attached hydrogen (secondary N) is 1. The summed E-state index contributed by atoms with van der Waals surface area (Å²) >= 11 is 0.